The molecule has 1 aliphatic rings. The Labute approximate surface area is 114 Å². The van der Waals surface area contributed by atoms with E-state index in [1.807, 2.05) is 6.92 Å². The summed E-state index contributed by atoms with van der Waals surface area (Å²) in [5, 5.41) is 8.60. The van der Waals surface area contributed by atoms with Gasteiger partial charge in [-0.3, -0.25) is 4.79 Å². The third kappa shape index (κ3) is 4.13. The van der Waals surface area contributed by atoms with Crippen LogP contribution in [0.5, 0.6) is 0 Å². The van der Waals surface area contributed by atoms with Crippen LogP contribution in [0.1, 0.15) is 26.2 Å². The molecule has 0 radical (unpaired) electrons. The molecule has 8 heteroatoms. The summed E-state index contributed by atoms with van der Waals surface area (Å²) in [4.78, 5) is 10.5. The topological polar surface area (TPSA) is 87.2 Å². The van der Waals surface area contributed by atoms with Gasteiger partial charge in [0.15, 0.2) is 0 Å². The largest absolute Gasteiger partial charge is 0.481 e. The molecule has 1 N–H and O–H groups in total. The van der Waals surface area contributed by atoms with Gasteiger partial charge in [0.05, 0.1) is 12.0 Å². The molecule has 1 atom stereocenters. The number of methoxy groups -OCH3 is 1. The summed E-state index contributed by atoms with van der Waals surface area (Å²) < 4.78 is 32.4. The fourth-order valence-corrected chi connectivity index (χ4v) is 3.60. The van der Waals surface area contributed by atoms with Gasteiger partial charge in [-0.2, -0.15) is 17.0 Å². The van der Waals surface area contributed by atoms with E-state index >= 15 is 0 Å². The summed E-state index contributed by atoms with van der Waals surface area (Å²) in [7, 11) is -0.642. The average Bonchev–Trinajstić information content (AvgIpc) is 2.35. The number of hydrogen-bond donors (Lipinski definition) is 1. The minimum absolute atomic E-state index is 0.0299. The molecule has 0 bridgehead atoms. The van der Waals surface area contributed by atoms with Crippen molar-refractivity contribution in [1.29, 1.82) is 0 Å². The van der Waals surface area contributed by atoms with Gasteiger partial charge in [0, 0.05) is 33.8 Å². The third-order valence-corrected chi connectivity index (χ3v) is 5.41. The zero-order valence-corrected chi connectivity index (χ0v) is 12.4. The third-order valence-electron chi connectivity index (χ3n) is 3.48. The van der Waals surface area contributed by atoms with Crippen LogP contribution >= 0.6 is 0 Å². The molecule has 112 valence electrons. The lowest BCUT2D eigenvalue weighted by molar-refractivity contribution is -0.137. The molecule has 1 saturated heterocycles. The van der Waals surface area contributed by atoms with Crippen LogP contribution in [0.15, 0.2) is 0 Å². The van der Waals surface area contributed by atoms with Gasteiger partial charge in [-0.05, 0) is 19.8 Å². The van der Waals surface area contributed by atoms with Crippen LogP contribution in [0.2, 0.25) is 0 Å². The second-order valence-corrected chi connectivity index (χ2v) is 7.10. The van der Waals surface area contributed by atoms with E-state index < -0.39 is 21.8 Å². The summed E-state index contributed by atoms with van der Waals surface area (Å²) in [5.41, 5.74) is -0.473. The minimum Gasteiger partial charge on any atom is -0.481 e. The Morgan fingerprint density at radius 1 is 1.53 bits per heavy atom. The van der Waals surface area contributed by atoms with Crippen LogP contribution in [0, 0.1) is 0 Å². The summed E-state index contributed by atoms with van der Waals surface area (Å²) >= 11 is 0. The number of ether oxygens (including phenoxy) is 1. The molecule has 0 aromatic carbocycles. The maximum atomic E-state index is 12.3. The molecule has 1 aliphatic heterocycles. The van der Waals surface area contributed by atoms with Crippen LogP contribution in [-0.2, 0) is 19.7 Å². The lowest BCUT2D eigenvalue weighted by atomic mass is 9.96. The van der Waals surface area contributed by atoms with Crippen molar-refractivity contribution in [2.45, 2.75) is 31.8 Å². The molecule has 7 nitrogen and oxygen atoms in total. The smallest absolute Gasteiger partial charge is 0.304 e. The van der Waals surface area contributed by atoms with E-state index in [1.54, 1.807) is 7.11 Å². The van der Waals surface area contributed by atoms with E-state index in [9.17, 15) is 13.2 Å². The van der Waals surface area contributed by atoms with Crippen molar-refractivity contribution in [2.75, 3.05) is 33.8 Å². The van der Waals surface area contributed by atoms with Crippen molar-refractivity contribution in [3.8, 4) is 0 Å². The van der Waals surface area contributed by atoms with Crippen LogP contribution in [0.3, 0.4) is 0 Å². The highest BCUT2D eigenvalue weighted by atomic mass is 32.2. The first kappa shape index (κ1) is 16.4. The van der Waals surface area contributed by atoms with E-state index in [2.05, 4.69) is 0 Å². The minimum atomic E-state index is -3.62. The van der Waals surface area contributed by atoms with E-state index in [-0.39, 0.29) is 13.0 Å². The van der Waals surface area contributed by atoms with Crippen molar-refractivity contribution >= 4 is 16.2 Å². The highest BCUT2D eigenvalue weighted by molar-refractivity contribution is 7.86. The van der Waals surface area contributed by atoms with Crippen molar-refractivity contribution in [3.63, 3.8) is 0 Å². The highest BCUT2D eigenvalue weighted by Gasteiger charge is 2.37. The van der Waals surface area contributed by atoms with Crippen molar-refractivity contribution in [1.82, 2.24) is 8.61 Å². The number of hydrogen-bond acceptors (Lipinski definition) is 4. The normalized spacial score (nSPS) is 25.7. The van der Waals surface area contributed by atoms with Gasteiger partial charge in [-0.25, -0.2) is 0 Å². The summed E-state index contributed by atoms with van der Waals surface area (Å²) in [6, 6.07) is 0. The van der Waals surface area contributed by atoms with E-state index in [4.69, 9.17) is 9.84 Å². The van der Waals surface area contributed by atoms with Gasteiger partial charge in [-0.15, -0.1) is 0 Å². The first-order valence-electron chi connectivity index (χ1n) is 6.20. The molecule has 1 fully saturated rings. The quantitative estimate of drug-likeness (QED) is 0.753. The Kier molecular flexibility index (Phi) is 5.31. The molecule has 1 heterocycles. The first-order valence-corrected chi connectivity index (χ1v) is 7.59. The highest BCUT2D eigenvalue weighted by Crippen LogP contribution is 2.26. The molecule has 0 aliphatic carbocycles. The van der Waals surface area contributed by atoms with Gasteiger partial charge in [0.2, 0.25) is 0 Å². The number of carboxylic acids is 1. The van der Waals surface area contributed by atoms with E-state index in [0.717, 1.165) is 17.1 Å². The lowest BCUT2D eigenvalue weighted by Crippen LogP contribution is -2.53. The molecule has 0 saturated carbocycles. The molecule has 0 spiro atoms. The second-order valence-electron chi connectivity index (χ2n) is 5.06. The number of rotatable bonds is 6. The molecule has 0 aromatic heterocycles. The van der Waals surface area contributed by atoms with Crippen LogP contribution in [-0.4, -0.2) is 67.5 Å². The van der Waals surface area contributed by atoms with Crippen molar-refractivity contribution < 1.29 is 23.1 Å². The molecular weight excluding hydrogens is 272 g/mol. The molecule has 0 aromatic rings. The predicted octanol–water partition coefficient (Wildman–Crippen LogP) is 0.139. The lowest BCUT2D eigenvalue weighted by Gasteiger charge is -2.39. The SMILES string of the molecule is COC1(C)CCCN(S(=O)(=O)N(C)CCC(=O)O)C1. The van der Waals surface area contributed by atoms with Gasteiger partial charge in [-0.1, -0.05) is 0 Å². The summed E-state index contributed by atoms with van der Waals surface area (Å²) in [6.07, 6.45) is 1.34. The number of aliphatic carboxylic acids is 1. The van der Waals surface area contributed by atoms with Gasteiger partial charge in [0.25, 0.3) is 10.2 Å². The van der Waals surface area contributed by atoms with Crippen LogP contribution in [0.25, 0.3) is 0 Å². The number of carboxylic acid groups (broad SMARTS) is 1. The Bertz CT molecular complexity index is 425. The fourth-order valence-electron chi connectivity index (χ4n) is 2.09. The molecule has 1 rings (SSSR count). The molecule has 0 amide bonds. The molecule has 19 heavy (non-hydrogen) atoms. The van der Waals surface area contributed by atoms with E-state index in [1.165, 1.54) is 11.4 Å². The fraction of sp³-hybridized carbons (Fsp3) is 0.909. The zero-order chi connectivity index (χ0) is 14.7. The average molecular weight is 294 g/mol. The Hall–Kier alpha value is -0.700. The van der Waals surface area contributed by atoms with Crippen molar-refractivity contribution in [3.05, 3.63) is 0 Å². The molecule has 1 unspecified atom stereocenters. The first-order chi connectivity index (χ1) is 8.71. The van der Waals surface area contributed by atoms with Crippen LogP contribution in [0.4, 0.5) is 0 Å². The maximum absolute atomic E-state index is 12.3. The maximum Gasteiger partial charge on any atom is 0.304 e. The van der Waals surface area contributed by atoms with Gasteiger partial charge in [0.1, 0.15) is 0 Å². The zero-order valence-electron chi connectivity index (χ0n) is 11.6. The number of nitrogens with zero attached hydrogens (tertiary/aromatic N) is 2. The Morgan fingerprint density at radius 3 is 2.68 bits per heavy atom. The molecular formula is C11H22N2O5S. The summed E-state index contributed by atoms with van der Waals surface area (Å²) in [5.74, 6) is -1.01. The van der Waals surface area contributed by atoms with Gasteiger partial charge < -0.3 is 9.84 Å². The van der Waals surface area contributed by atoms with E-state index in [0.29, 0.717) is 13.1 Å². The Morgan fingerprint density at radius 2 is 2.16 bits per heavy atom. The van der Waals surface area contributed by atoms with Crippen molar-refractivity contribution in [2.24, 2.45) is 0 Å². The van der Waals surface area contributed by atoms with Gasteiger partial charge >= 0.3 is 5.97 Å². The number of piperidine rings is 1. The monoisotopic (exact) mass is 294 g/mol. The Balaban J connectivity index is 2.73. The predicted molar refractivity (Wildman–Crippen MR) is 70.0 cm³/mol. The standard InChI is InChI=1S/C11H22N2O5S/c1-11(18-3)6-4-7-13(9-11)19(16,17)12(2)8-5-10(14)15/h4-9H2,1-3H3,(H,14,15). The number of carbonyl (C=O) groups is 1. The summed E-state index contributed by atoms with van der Waals surface area (Å²) in [6.45, 7) is 2.59. The second kappa shape index (κ2) is 6.17. The van der Waals surface area contributed by atoms with Crippen LogP contribution < -0.4 is 0 Å².